The molecule has 170 valence electrons. The zero-order chi connectivity index (χ0) is 21.6. The van der Waals surface area contributed by atoms with Crippen LogP contribution in [0.15, 0.2) is 17.3 Å². The zero-order valence-corrected chi connectivity index (χ0v) is 19.2. The van der Waals surface area contributed by atoms with Gasteiger partial charge in [0.05, 0.1) is 24.8 Å². The standard InChI is InChI=1S/C22H37N9/c1-4-30-12-7-10-20(30)15-24-22(25-16-21-27-26-17(2)29(21)3)23-14-18-11-13-31(28-18)19-8-5-6-9-19/h11,13,19-20H,4-10,12,14-16H2,1-3H3,(H2,23,24,25). The number of rotatable bonds is 8. The number of hydrogen-bond donors (Lipinski definition) is 2. The highest BCUT2D eigenvalue weighted by Gasteiger charge is 2.23. The van der Waals surface area contributed by atoms with Crippen molar-refractivity contribution in [3.05, 3.63) is 29.6 Å². The molecule has 1 saturated heterocycles. The van der Waals surface area contributed by atoms with Gasteiger partial charge in [-0.25, -0.2) is 4.99 Å². The van der Waals surface area contributed by atoms with Gasteiger partial charge in [0.15, 0.2) is 11.8 Å². The minimum atomic E-state index is 0.565. The van der Waals surface area contributed by atoms with E-state index < -0.39 is 0 Å². The van der Waals surface area contributed by atoms with E-state index in [0.717, 1.165) is 36.4 Å². The smallest absolute Gasteiger partial charge is 0.192 e. The first-order chi connectivity index (χ1) is 15.1. The Hall–Kier alpha value is -2.42. The normalized spacial score (nSPS) is 20.6. The van der Waals surface area contributed by atoms with Crippen LogP contribution in [0, 0.1) is 6.92 Å². The third-order valence-electron chi connectivity index (χ3n) is 6.77. The summed E-state index contributed by atoms with van der Waals surface area (Å²) in [6.07, 6.45) is 9.73. The first-order valence-corrected chi connectivity index (χ1v) is 11.8. The monoisotopic (exact) mass is 427 g/mol. The molecule has 0 bridgehead atoms. The molecule has 1 atom stereocenters. The first-order valence-electron chi connectivity index (χ1n) is 11.8. The molecule has 0 radical (unpaired) electrons. The molecule has 2 aromatic heterocycles. The number of guanidine groups is 1. The third kappa shape index (κ3) is 5.44. The van der Waals surface area contributed by atoms with Crippen molar-refractivity contribution >= 4 is 5.96 Å². The molecule has 2 aromatic rings. The summed E-state index contributed by atoms with van der Waals surface area (Å²) < 4.78 is 4.14. The maximum absolute atomic E-state index is 4.84. The van der Waals surface area contributed by atoms with Gasteiger partial charge in [-0.05, 0) is 51.8 Å². The minimum Gasteiger partial charge on any atom is -0.355 e. The summed E-state index contributed by atoms with van der Waals surface area (Å²) in [6, 6.07) is 3.23. The van der Waals surface area contributed by atoms with Gasteiger partial charge in [0.1, 0.15) is 5.82 Å². The van der Waals surface area contributed by atoms with Crippen LogP contribution in [-0.4, -0.2) is 61.1 Å². The van der Waals surface area contributed by atoms with Gasteiger partial charge >= 0.3 is 0 Å². The predicted octanol–water partition coefficient (Wildman–Crippen LogP) is 2.15. The van der Waals surface area contributed by atoms with E-state index in [2.05, 4.69) is 49.6 Å². The lowest BCUT2D eigenvalue weighted by atomic mass is 10.2. The van der Waals surface area contributed by atoms with Crippen LogP contribution in [0.4, 0.5) is 0 Å². The van der Waals surface area contributed by atoms with Crippen molar-refractivity contribution in [1.82, 2.24) is 40.1 Å². The van der Waals surface area contributed by atoms with Crippen LogP contribution in [-0.2, 0) is 20.1 Å². The molecule has 2 aliphatic rings. The molecular formula is C22H37N9. The fourth-order valence-electron chi connectivity index (χ4n) is 4.69. The second-order valence-corrected chi connectivity index (χ2v) is 8.77. The number of nitrogens with zero attached hydrogens (tertiary/aromatic N) is 7. The van der Waals surface area contributed by atoms with Crippen molar-refractivity contribution in [3.8, 4) is 0 Å². The van der Waals surface area contributed by atoms with Crippen LogP contribution in [0.2, 0.25) is 0 Å². The summed E-state index contributed by atoms with van der Waals surface area (Å²) in [6.45, 7) is 8.54. The number of aromatic nitrogens is 5. The Labute approximate surface area is 185 Å². The summed E-state index contributed by atoms with van der Waals surface area (Å²) in [7, 11) is 1.99. The number of likely N-dealkylation sites (N-methyl/N-ethyl adjacent to an activating group) is 1. The molecule has 0 aromatic carbocycles. The first kappa shape index (κ1) is 21.8. The molecule has 2 N–H and O–H groups in total. The maximum Gasteiger partial charge on any atom is 0.192 e. The molecule has 9 heteroatoms. The molecule has 3 heterocycles. The molecule has 1 unspecified atom stereocenters. The molecule has 1 saturated carbocycles. The number of aryl methyl sites for hydroxylation is 1. The van der Waals surface area contributed by atoms with E-state index in [1.165, 1.54) is 45.1 Å². The van der Waals surface area contributed by atoms with Crippen LogP contribution >= 0.6 is 0 Å². The fourth-order valence-corrected chi connectivity index (χ4v) is 4.69. The highest BCUT2D eigenvalue weighted by atomic mass is 15.3. The van der Waals surface area contributed by atoms with Gasteiger partial charge in [-0.3, -0.25) is 9.58 Å². The Morgan fingerprint density at radius 3 is 2.74 bits per heavy atom. The predicted molar refractivity (Wildman–Crippen MR) is 122 cm³/mol. The van der Waals surface area contributed by atoms with Crippen molar-refractivity contribution < 1.29 is 0 Å². The van der Waals surface area contributed by atoms with Gasteiger partial charge in [-0.1, -0.05) is 19.8 Å². The van der Waals surface area contributed by atoms with Crippen molar-refractivity contribution in [2.45, 2.75) is 77.5 Å². The molecule has 2 fully saturated rings. The second-order valence-electron chi connectivity index (χ2n) is 8.77. The highest BCUT2D eigenvalue weighted by molar-refractivity contribution is 5.79. The highest BCUT2D eigenvalue weighted by Crippen LogP contribution is 2.28. The SMILES string of the molecule is CCN1CCCC1CNC(=NCc1ccn(C2CCCC2)n1)NCc1nnc(C)n1C. The fraction of sp³-hybridized carbons (Fsp3) is 0.727. The van der Waals surface area contributed by atoms with Crippen molar-refractivity contribution in [2.24, 2.45) is 12.0 Å². The molecule has 31 heavy (non-hydrogen) atoms. The van der Waals surface area contributed by atoms with E-state index in [1.54, 1.807) is 0 Å². The van der Waals surface area contributed by atoms with Gasteiger partial charge in [0, 0.05) is 25.8 Å². The van der Waals surface area contributed by atoms with Crippen molar-refractivity contribution in [3.63, 3.8) is 0 Å². The molecule has 0 spiro atoms. The third-order valence-corrected chi connectivity index (χ3v) is 6.77. The Kier molecular flexibility index (Phi) is 7.21. The number of likely N-dealkylation sites (tertiary alicyclic amines) is 1. The summed E-state index contributed by atoms with van der Waals surface area (Å²) in [5.74, 6) is 2.61. The Balaban J connectivity index is 1.39. The van der Waals surface area contributed by atoms with Crippen LogP contribution in [0.3, 0.4) is 0 Å². The van der Waals surface area contributed by atoms with E-state index in [0.29, 0.717) is 25.2 Å². The topological polar surface area (TPSA) is 88.2 Å². The maximum atomic E-state index is 4.84. The van der Waals surface area contributed by atoms with Gasteiger partial charge in [0.2, 0.25) is 0 Å². The largest absolute Gasteiger partial charge is 0.355 e. The lowest BCUT2D eigenvalue weighted by Gasteiger charge is -2.24. The summed E-state index contributed by atoms with van der Waals surface area (Å²) in [4.78, 5) is 7.38. The summed E-state index contributed by atoms with van der Waals surface area (Å²) in [5.41, 5.74) is 1.01. The minimum absolute atomic E-state index is 0.565. The van der Waals surface area contributed by atoms with Crippen LogP contribution in [0.25, 0.3) is 0 Å². The summed E-state index contributed by atoms with van der Waals surface area (Å²) >= 11 is 0. The second kappa shape index (κ2) is 10.3. The lowest BCUT2D eigenvalue weighted by Crippen LogP contribution is -2.44. The van der Waals surface area contributed by atoms with E-state index in [4.69, 9.17) is 10.1 Å². The van der Waals surface area contributed by atoms with Crippen molar-refractivity contribution in [1.29, 1.82) is 0 Å². The average Bonchev–Trinajstić information content (AvgIpc) is 3.57. The van der Waals surface area contributed by atoms with E-state index in [1.807, 2.05) is 18.5 Å². The average molecular weight is 428 g/mol. The van der Waals surface area contributed by atoms with Gasteiger partial charge in [-0.2, -0.15) is 5.10 Å². The van der Waals surface area contributed by atoms with E-state index >= 15 is 0 Å². The van der Waals surface area contributed by atoms with Gasteiger partial charge < -0.3 is 15.2 Å². The van der Waals surface area contributed by atoms with Gasteiger partial charge in [0.25, 0.3) is 0 Å². The summed E-state index contributed by atoms with van der Waals surface area (Å²) in [5, 5.41) is 20.2. The van der Waals surface area contributed by atoms with Crippen LogP contribution in [0.1, 0.15) is 68.8 Å². The van der Waals surface area contributed by atoms with Crippen LogP contribution < -0.4 is 10.6 Å². The molecule has 1 aliphatic heterocycles. The Morgan fingerprint density at radius 2 is 2.00 bits per heavy atom. The van der Waals surface area contributed by atoms with Gasteiger partial charge in [-0.15, -0.1) is 10.2 Å². The van der Waals surface area contributed by atoms with E-state index in [-0.39, 0.29) is 0 Å². The van der Waals surface area contributed by atoms with E-state index in [9.17, 15) is 0 Å². The zero-order valence-electron chi connectivity index (χ0n) is 19.2. The Bertz CT molecular complexity index is 862. The quantitative estimate of drug-likeness (QED) is 0.496. The number of hydrogen-bond acceptors (Lipinski definition) is 5. The molecule has 4 rings (SSSR count). The number of nitrogens with one attached hydrogen (secondary N) is 2. The molecular weight excluding hydrogens is 390 g/mol. The van der Waals surface area contributed by atoms with Crippen molar-refractivity contribution in [2.75, 3.05) is 19.6 Å². The molecule has 0 amide bonds. The Morgan fingerprint density at radius 1 is 1.16 bits per heavy atom. The van der Waals surface area contributed by atoms with Crippen LogP contribution in [0.5, 0.6) is 0 Å². The molecule has 1 aliphatic carbocycles. The lowest BCUT2D eigenvalue weighted by molar-refractivity contribution is 0.267. The molecule has 9 nitrogen and oxygen atoms in total. The number of aliphatic imine (C=N–C) groups is 1.